The molecule has 0 saturated heterocycles. The fraction of sp³-hybridized carbons (Fsp3) is 0.154. The van der Waals surface area contributed by atoms with Gasteiger partial charge in [-0.2, -0.15) is 14.8 Å². The minimum atomic E-state index is -0.595. The van der Waals surface area contributed by atoms with Crippen molar-refractivity contribution in [2.75, 3.05) is 0 Å². The Hall–Kier alpha value is -2.59. The number of halogens is 2. The minimum Gasteiger partial charge on any atom is -0.247 e. The summed E-state index contributed by atoms with van der Waals surface area (Å²) in [7, 11) is 0. The van der Waals surface area contributed by atoms with Gasteiger partial charge in [0, 0.05) is 11.8 Å². The molecule has 0 N–H and O–H groups in total. The van der Waals surface area contributed by atoms with E-state index >= 15 is 0 Å². The zero-order valence-electron chi connectivity index (χ0n) is 10.8. The number of nitriles is 1. The molecule has 3 rings (SSSR count). The van der Waals surface area contributed by atoms with Crippen molar-refractivity contribution in [2.45, 2.75) is 13.0 Å². The van der Waals surface area contributed by atoms with Gasteiger partial charge in [-0.25, -0.2) is 19.6 Å². The van der Waals surface area contributed by atoms with Crippen LogP contribution in [0.2, 0.25) is 5.15 Å². The van der Waals surface area contributed by atoms with Gasteiger partial charge in [0.15, 0.2) is 11.3 Å². The first-order valence-electron chi connectivity index (χ1n) is 6.03. The molecule has 0 aliphatic heterocycles. The first-order valence-corrected chi connectivity index (χ1v) is 6.41. The maximum Gasteiger partial charge on any atom is 0.218 e. The molecule has 0 spiro atoms. The number of pyridine rings is 1. The molecule has 3 heterocycles. The Kier molecular flexibility index (Phi) is 3.23. The third-order valence-corrected chi connectivity index (χ3v) is 3.27. The Morgan fingerprint density at radius 1 is 1.43 bits per heavy atom. The van der Waals surface area contributed by atoms with Crippen molar-refractivity contribution in [3.8, 4) is 6.07 Å². The van der Waals surface area contributed by atoms with Crippen LogP contribution in [0.1, 0.15) is 24.2 Å². The van der Waals surface area contributed by atoms with Gasteiger partial charge < -0.3 is 0 Å². The second-order valence-electron chi connectivity index (χ2n) is 4.33. The maximum atomic E-state index is 13.8. The molecular weight excluding hydrogens is 295 g/mol. The molecule has 3 aromatic rings. The highest BCUT2D eigenvalue weighted by Crippen LogP contribution is 2.24. The topological polar surface area (TPSA) is 80.3 Å². The Bertz CT molecular complexity index is 869. The van der Waals surface area contributed by atoms with Crippen LogP contribution < -0.4 is 0 Å². The van der Waals surface area contributed by atoms with Crippen molar-refractivity contribution < 1.29 is 4.39 Å². The summed E-state index contributed by atoms with van der Waals surface area (Å²) >= 11 is 5.84. The van der Waals surface area contributed by atoms with Gasteiger partial charge in [-0.1, -0.05) is 17.7 Å². The van der Waals surface area contributed by atoms with E-state index in [9.17, 15) is 4.39 Å². The predicted octanol–water partition coefficient (Wildman–Crippen LogP) is 2.49. The van der Waals surface area contributed by atoms with Crippen LogP contribution in [-0.2, 0) is 0 Å². The van der Waals surface area contributed by atoms with Crippen LogP contribution in [0.3, 0.4) is 0 Å². The number of hydrogen-bond donors (Lipinski definition) is 0. The van der Waals surface area contributed by atoms with Gasteiger partial charge in [-0.05, 0) is 13.0 Å². The molecule has 6 nitrogen and oxygen atoms in total. The molecule has 0 amide bonds. The SMILES string of the molecule is C[C@@H](c1cccnc1F)n1nc(C#N)c2ncc(Cl)nc21. The van der Waals surface area contributed by atoms with Crippen molar-refractivity contribution in [1.29, 1.82) is 5.26 Å². The zero-order valence-corrected chi connectivity index (χ0v) is 11.6. The van der Waals surface area contributed by atoms with Crippen molar-refractivity contribution >= 4 is 22.8 Å². The summed E-state index contributed by atoms with van der Waals surface area (Å²) in [5, 5.41) is 13.4. The average Bonchev–Trinajstić information content (AvgIpc) is 2.85. The van der Waals surface area contributed by atoms with Crippen LogP contribution in [0.25, 0.3) is 11.2 Å². The zero-order chi connectivity index (χ0) is 15.0. The lowest BCUT2D eigenvalue weighted by Crippen LogP contribution is -2.11. The van der Waals surface area contributed by atoms with E-state index in [4.69, 9.17) is 16.9 Å². The predicted molar refractivity (Wildman–Crippen MR) is 73.1 cm³/mol. The second kappa shape index (κ2) is 5.07. The number of fused-ring (bicyclic) bond motifs is 1. The Morgan fingerprint density at radius 3 is 2.95 bits per heavy atom. The molecule has 0 bridgehead atoms. The van der Waals surface area contributed by atoms with Gasteiger partial charge in [-0.15, -0.1) is 0 Å². The van der Waals surface area contributed by atoms with E-state index < -0.39 is 12.0 Å². The van der Waals surface area contributed by atoms with Gasteiger partial charge in [-0.3, -0.25) is 0 Å². The van der Waals surface area contributed by atoms with Gasteiger partial charge in [0.2, 0.25) is 5.95 Å². The lowest BCUT2D eigenvalue weighted by molar-refractivity contribution is 0.508. The summed E-state index contributed by atoms with van der Waals surface area (Å²) in [6.45, 7) is 1.73. The Morgan fingerprint density at radius 2 is 2.24 bits per heavy atom. The molecule has 0 saturated carbocycles. The van der Waals surface area contributed by atoms with Crippen molar-refractivity contribution in [3.05, 3.63) is 46.9 Å². The van der Waals surface area contributed by atoms with Gasteiger partial charge in [0.1, 0.15) is 16.7 Å². The van der Waals surface area contributed by atoms with Crippen molar-refractivity contribution in [1.82, 2.24) is 24.7 Å². The highest BCUT2D eigenvalue weighted by atomic mass is 35.5. The number of hydrogen-bond acceptors (Lipinski definition) is 5. The van der Waals surface area contributed by atoms with E-state index in [1.165, 1.54) is 17.1 Å². The molecule has 0 aliphatic rings. The third kappa shape index (κ3) is 2.19. The summed E-state index contributed by atoms with van der Waals surface area (Å²) in [6, 6.07) is 4.67. The summed E-state index contributed by atoms with van der Waals surface area (Å²) in [5.41, 5.74) is 1.12. The fourth-order valence-corrected chi connectivity index (χ4v) is 2.20. The van der Waals surface area contributed by atoms with Gasteiger partial charge >= 0.3 is 0 Å². The molecule has 104 valence electrons. The molecule has 0 aromatic carbocycles. The normalized spacial score (nSPS) is 12.3. The average molecular weight is 303 g/mol. The van der Waals surface area contributed by atoms with Crippen LogP contribution in [-0.4, -0.2) is 24.7 Å². The van der Waals surface area contributed by atoms with E-state index in [0.29, 0.717) is 16.7 Å². The third-order valence-electron chi connectivity index (χ3n) is 3.08. The van der Waals surface area contributed by atoms with E-state index in [-0.39, 0.29) is 10.8 Å². The van der Waals surface area contributed by atoms with Crippen molar-refractivity contribution in [2.24, 2.45) is 0 Å². The van der Waals surface area contributed by atoms with E-state index in [1.807, 2.05) is 6.07 Å². The first-order chi connectivity index (χ1) is 10.1. The summed E-state index contributed by atoms with van der Waals surface area (Å²) in [6.07, 6.45) is 2.70. The summed E-state index contributed by atoms with van der Waals surface area (Å²) < 4.78 is 15.2. The van der Waals surface area contributed by atoms with Crippen LogP contribution in [0, 0.1) is 17.3 Å². The van der Waals surface area contributed by atoms with E-state index in [2.05, 4.69) is 20.1 Å². The molecule has 0 aliphatic carbocycles. The Labute approximate surface area is 123 Å². The highest BCUT2D eigenvalue weighted by molar-refractivity contribution is 6.29. The standard InChI is InChI=1S/C13H8ClFN6/c1-7(8-3-2-4-17-12(8)15)21-13-11(9(5-16)20-21)18-6-10(14)19-13/h2-4,6-7H,1H3/t7-/m0/s1. The minimum absolute atomic E-state index is 0.116. The monoisotopic (exact) mass is 302 g/mol. The van der Waals surface area contributed by atoms with Crippen LogP contribution in [0.4, 0.5) is 4.39 Å². The number of aromatic nitrogens is 5. The highest BCUT2D eigenvalue weighted by Gasteiger charge is 2.21. The molecule has 0 radical (unpaired) electrons. The molecule has 1 atom stereocenters. The smallest absolute Gasteiger partial charge is 0.218 e. The van der Waals surface area contributed by atoms with E-state index in [0.717, 1.165) is 0 Å². The van der Waals surface area contributed by atoms with Crippen LogP contribution in [0.15, 0.2) is 24.5 Å². The molecule has 0 fully saturated rings. The number of nitrogens with zero attached hydrogens (tertiary/aromatic N) is 6. The lowest BCUT2D eigenvalue weighted by atomic mass is 10.1. The van der Waals surface area contributed by atoms with Gasteiger partial charge in [0.05, 0.1) is 12.2 Å². The largest absolute Gasteiger partial charge is 0.247 e. The van der Waals surface area contributed by atoms with Crippen LogP contribution >= 0.6 is 11.6 Å². The summed E-state index contributed by atoms with van der Waals surface area (Å²) in [5.74, 6) is -0.595. The second-order valence-corrected chi connectivity index (χ2v) is 4.72. The maximum absolute atomic E-state index is 13.8. The van der Waals surface area contributed by atoms with Gasteiger partial charge in [0.25, 0.3) is 0 Å². The Balaban J connectivity index is 2.23. The summed E-state index contributed by atoms with van der Waals surface area (Å²) in [4.78, 5) is 11.8. The molecule has 8 heteroatoms. The quantitative estimate of drug-likeness (QED) is 0.679. The lowest BCUT2D eigenvalue weighted by Gasteiger charge is -2.13. The fourth-order valence-electron chi connectivity index (χ4n) is 2.07. The van der Waals surface area contributed by atoms with Crippen LogP contribution in [0.5, 0.6) is 0 Å². The molecule has 0 unspecified atom stereocenters. The van der Waals surface area contributed by atoms with Crippen molar-refractivity contribution in [3.63, 3.8) is 0 Å². The first kappa shape index (κ1) is 13.4. The molecule has 21 heavy (non-hydrogen) atoms. The van der Waals surface area contributed by atoms with E-state index in [1.54, 1.807) is 19.1 Å². The molecule has 3 aromatic heterocycles. The molecular formula is C13H8ClFN6. The number of rotatable bonds is 2.